The zero-order chi connectivity index (χ0) is 21.4. The minimum atomic E-state index is -6.20. The van der Waals surface area contributed by atoms with E-state index in [1.54, 1.807) is 27.7 Å². The number of amides is 1. The first-order valence-corrected chi connectivity index (χ1v) is 8.10. The number of aliphatic hydroxyl groups is 1. The fraction of sp³-hybridized carbons (Fsp3) is 0.588. The smallest absolute Gasteiger partial charge is 0.376 e. The van der Waals surface area contributed by atoms with Gasteiger partial charge >= 0.3 is 18.0 Å². The Morgan fingerprint density at radius 3 is 1.74 bits per heavy atom. The van der Waals surface area contributed by atoms with Crippen molar-refractivity contribution in [1.82, 2.24) is 0 Å². The van der Waals surface area contributed by atoms with Crippen LogP contribution in [0.5, 0.6) is 0 Å². The molecule has 0 aromatic heterocycles. The van der Waals surface area contributed by atoms with Crippen molar-refractivity contribution in [2.24, 2.45) is 5.73 Å². The first-order chi connectivity index (χ1) is 12.0. The fourth-order valence-electron chi connectivity index (χ4n) is 2.53. The minimum Gasteiger partial charge on any atom is -0.376 e. The van der Waals surface area contributed by atoms with Crippen LogP contribution in [0, 0.1) is 0 Å². The number of rotatable bonds is 7. The maximum Gasteiger partial charge on any atom is 0.455 e. The Kier molecular flexibility index (Phi) is 6.47. The Morgan fingerprint density at radius 1 is 1.04 bits per heavy atom. The molecule has 0 radical (unpaired) electrons. The molecule has 0 aliphatic heterocycles. The topological polar surface area (TPSA) is 75.3 Å². The van der Waals surface area contributed by atoms with Crippen LogP contribution >= 0.6 is 0 Å². The molecule has 0 spiro atoms. The Hall–Kier alpha value is -1.97. The molecule has 0 fully saturated rings. The second kappa shape index (κ2) is 7.57. The molecule has 0 bridgehead atoms. The number of nitrogens with two attached hydrogens (primary N) is 1. The normalized spacial score (nSPS) is 15.1. The summed E-state index contributed by atoms with van der Waals surface area (Å²) in [6, 6.07) is 1.38. The Balaban J connectivity index is 3.70. The van der Waals surface area contributed by atoms with Gasteiger partial charge in [-0.1, -0.05) is 27.7 Å². The lowest BCUT2D eigenvalue weighted by molar-refractivity contribution is -0.390. The van der Waals surface area contributed by atoms with Gasteiger partial charge in [0.15, 0.2) is 0 Å². The molecule has 1 aromatic carbocycles. The summed E-state index contributed by atoms with van der Waals surface area (Å²) in [6.45, 7) is 6.01. The molecule has 27 heavy (non-hydrogen) atoms. The molecule has 4 nitrogen and oxygen atoms in total. The van der Waals surface area contributed by atoms with E-state index in [0.717, 1.165) is 0 Å². The molecule has 0 heterocycles. The first kappa shape index (κ1) is 23.1. The maximum absolute atomic E-state index is 14.3. The number of primary amides is 1. The molecule has 1 rings (SSSR count). The van der Waals surface area contributed by atoms with Crippen LogP contribution in [0.15, 0.2) is 12.1 Å². The summed E-state index contributed by atoms with van der Waals surface area (Å²) < 4.78 is 80.3. The summed E-state index contributed by atoms with van der Waals surface area (Å²) >= 11 is 0. The monoisotopic (exact) mass is 400 g/mol. The summed E-state index contributed by atoms with van der Waals surface area (Å²) in [5, 5.41) is 11.6. The number of halogens is 6. The van der Waals surface area contributed by atoms with Crippen LogP contribution < -0.4 is 11.1 Å². The SMILES string of the molecule is CC(C)c1cc(C(F)(F)C(O)(F)C(F)(F)F)cc(C(C)C)c1NCC(N)=O. The number of anilines is 1. The predicted octanol–water partition coefficient (Wildman–Crippen LogP) is 4.14. The Morgan fingerprint density at radius 2 is 1.44 bits per heavy atom. The fourth-order valence-corrected chi connectivity index (χ4v) is 2.53. The van der Waals surface area contributed by atoms with Crippen molar-refractivity contribution in [2.75, 3.05) is 11.9 Å². The van der Waals surface area contributed by atoms with Gasteiger partial charge < -0.3 is 16.2 Å². The second-order valence-electron chi connectivity index (χ2n) is 6.85. The van der Waals surface area contributed by atoms with Crippen molar-refractivity contribution in [3.63, 3.8) is 0 Å². The molecule has 0 aliphatic rings. The van der Waals surface area contributed by atoms with E-state index in [-0.39, 0.29) is 23.4 Å². The van der Waals surface area contributed by atoms with Gasteiger partial charge in [0, 0.05) is 11.3 Å². The van der Waals surface area contributed by atoms with Gasteiger partial charge in [-0.3, -0.25) is 4.79 Å². The molecule has 1 unspecified atom stereocenters. The summed E-state index contributed by atoms with van der Waals surface area (Å²) in [4.78, 5) is 11.0. The quantitative estimate of drug-likeness (QED) is 0.602. The van der Waals surface area contributed by atoms with Gasteiger partial charge in [0.1, 0.15) is 0 Å². The lowest BCUT2D eigenvalue weighted by atomic mass is 9.87. The van der Waals surface area contributed by atoms with Crippen LogP contribution in [-0.4, -0.2) is 29.6 Å². The summed E-state index contributed by atoms with van der Waals surface area (Å²) in [6.07, 6.45) is -6.20. The van der Waals surface area contributed by atoms with Gasteiger partial charge in [0.05, 0.1) is 6.54 Å². The van der Waals surface area contributed by atoms with E-state index in [1.165, 1.54) is 0 Å². The van der Waals surface area contributed by atoms with Crippen LogP contribution in [0.25, 0.3) is 0 Å². The van der Waals surface area contributed by atoms with Crippen molar-refractivity contribution in [3.05, 3.63) is 28.8 Å². The highest BCUT2D eigenvalue weighted by Gasteiger charge is 2.71. The molecule has 0 aliphatic carbocycles. The van der Waals surface area contributed by atoms with E-state index < -0.39 is 41.3 Å². The average molecular weight is 400 g/mol. The van der Waals surface area contributed by atoms with E-state index in [0.29, 0.717) is 12.1 Å². The third kappa shape index (κ3) is 4.48. The third-order valence-corrected chi connectivity index (χ3v) is 4.04. The van der Waals surface area contributed by atoms with Crippen LogP contribution in [0.1, 0.15) is 56.2 Å². The maximum atomic E-state index is 14.3. The van der Waals surface area contributed by atoms with E-state index in [2.05, 4.69) is 5.32 Å². The molecular weight excluding hydrogens is 378 g/mol. The zero-order valence-corrected chi connectivity index (χ0v) is 15.2. The second-order valence-corrected chi connectivity index (χ2v) is 6.85. The number of nitrogens with one attached hydrogen (secondary N) is 1. The van der Waals surface area contributed by atoms with Gasteiger partial charge in [0.25, 0.3) is 0 Å². The van der Waals surface area contributed by atoms with E-state index in [4.69, 9.17) is 10.8 Å². The molecule has 1 amide bonds. The molecule has 1 atom stereocenters. The van der Waals surface area contributed by atoms with E-state index >= 15 is 0 Å². The summed E-state index contributed by atoms with van der Waals surface area (Å²) in [5.41, 5.74) is 4.28. The van der Waals surface area contributed by atoms with Crippen molar-refractivity contribution < 1.29 is 36.2 Å². The molecule has 10 heteroatoms. The number of carbonyl (C=O) groups excluding carboxylic acids is 1. The summed E-state index contributed by atoms with van der Waals surface area (Å²) in [7, 11) is 0. The van der Waals surface area contributed by atoms with Crippen LogP contribution in [0.2, 0.25) is 0 Å². The van der Waals surface area contributed by atoms with E-state index in [1.807, 2.05) is 0 Å². The molecular formula is C17H22F6N2O2. The van der Waals surface area contributed by atoms with Gasteiger partial charge in [-0.15, -0.1) is 0 Å². The Bertz CT molecular complexity index is 670. The highest BCUT2D eigenvalue weighted by atomic mass is 19.4. The van der Waals surface area contributed by atoms with Crippen LogP contribution in [-0.2, 0) is 10.7 Å². The highest BCUT2D eigenvalue weighted by Crippen LogP contribution is 2.50. The zero-order valence-electron chi connectivity index (χ0n) is 15.2. The number of hydrogen-bond donors (Lipinski definition) is 3. The van der Waals surface area contributed by atoms with Gasteiger partial charge in [0.2, 0.25) is 5.91 Å². The molecule has 154 valence electrons. The molecule has 4 N–H and O–H groups in total. The molecule has 0 saturated carbocycles. The number of carbonyl (C=O) groups is 1. The molecule has 0 saturated heterocycles. The third-order valence-electron chi connectivity index (χ3n) is 4.04. The van der Waals surface area contributed by atoms with Crippen LogP contribution in [0.4, 0.5) is 32.0 Å². The summed E-state index contributed by atoms with van der Waals surface area (Å²) in [5.74, 6) is -12.7. The van der Waals surface area contributed by atoms with Crippen molar-refractivity contribution in [2.45, 2.75) is 57.5 Å². The minimum absolute atomic E-state index is 0.134. The average Bonchev–Trinajstić information content (AvgIpc) is 2.50. The Labute approximate surface area is 152 Å². The number of hydrogen-bond acceptors (Lipinski definition) is 3. The number of alkyl halides is 6. The van der Waals surface area contributed by atoms with Crippen LogP contribution in [0.3, 0.4) is 0 Å². The first-order valence-electron chi connectivity index (χ1n) is 8.10. The molecule has 1 aromatic rings. The van der Waals surface area contributed by atoms with Crippen molar-refractivity contribution >= 4 is 11.6 Å². The highest BCUT2D eigenvalue weighted by molar-refractivity contribution is 5.80. The predicted molar refractivity (Wildman–Crippen MR) is 88.3 cm³/mol. The van der Waals surface area contributed by atoms with Gasteiger partial charge in [-0.25, -0.2) is 0 Å². The van der Waals surface area contributed by atoms with Gasteiger partial charge in [-0.2, -0.15) is 26.3 Å². The van der Waals surface area contributed by atoms with E-state index in [9.17, 15) is 31.1 Å². The lowest BCUT2D eigenvalue weighted by Gasteiger charge is -2.32. The number of benzene rings is 1. The lowest BCUT2D eigenvalue weighted by Crippen LogP contribution is -2.53. The van der Waals surface area contributed by atoms with Crippen molar-refractivity contribution in [3.8, 4) is 0 Å². The van der Waals surface area contributed by atoms with Gasteiger partial charge in [-0.05, 0) is 35.1 Å². The standard InChI is InChI=1S/C17H22F6N2O2/c1-8(2)11-5-10(15(18,19)16(20,27)17(21,22)23)6-12(9(3)4)14(11)25-7-13(24)26/h5-6,8-9,25,27H,7H2,1-4H3,(H2,24,26). The largest absolute Gasteiger partial charge is 0.455 e. The van der Waals surface area contributed by atoms with Crippen molar-refractivity contribution in [1.29, 1.82) is 0 Å².